The van der Waals surface area contributed by atoms with Crippen LogP contribution in [0, 0.1) is 23.2 Å². The number of nitriles is 1. The van der Waals surface area contributed by atoms with E-state index in [1.165, 1.54) is 0 Å². The minimum Gasteiger partial charge on any atom is -0.513 e. The maximum absolute atomic E-state index is 11.7. The van der Waals surface area contributed by atoms with Crippen LogP contribution in [-0.4, -0.2) is 28.5 Å². The molecule has 3 atom stereocenters. The second-order valence-corrected chi connectivity index (χ2v) is 4.31. The molecule has 0 spiro atoms. The summed E-state index contributed by atoms with van der Waals surface area (Å²) in [7, 11) is 0. The third-order valence-electron chi connectivity index (χ3n) is 3.42. The second-order valence-electron chi connectivity index (χ2n) is 4.31. The minimum atomic E-state index is -0.196. The first-order valence-corrected chi connectivity index (χ1v) is 5.20. The molecule has 0 saturated carbocycles. The van der Waals surface area contributed by atoms with E-state index < -0.39 is 0 Å². The first-order valence-electron chi connectivity index (χ1n) is 5.20. The fourth-order valence-corrected chi connectivity index (χ4v) is 2.64. The molecule has 80 valence electrons. The highest BCUT2D eigenvalue weighted by molar-refractivity contribution is 5.78. The van der Waals surface area contributed by atoms with Gasteiger partial charge in [-0.25, -0.2) is 0 Å². The normalized spacial score (nSPS) is 34.7. The highest BCUT2D eigenvalue weighted by Gasteiger charge is 2.43. The molecule has 15 heavy (non-hydrogen) atoms. The van der Waals surface area contributed by atoms with Gasteiger partial charge in [-0.15, -0.1) is 0 Å². The zero-order chi connectivity index (χ0) is 11.0. The number of piperidine rings is 1. The number of rotatable bonds is 1. The van der Waals surface area contributed by atoms with Crippen molar-refractivity contribution in [3.63, 3.8) is 0 Å². The molecule has 2 aliphatic heterocycles. The lowest BCUT2D eigenvalue weighted by molar-refractivity contribution is -0.136. The van der Waals surface area contributed by atoms with Gasteiger partial charge in [-0.05, 0) is 12.8 Å². The van der Waals surface area contributed by atoms with E-state index in [0.29, 0.717) is 19.4 Å². The lowest BCUT2D eigenvalue weighted by Crippen LogP contribution is -2.44. The van der Waals surface area contributed by atoms with Crippen LogP contribution in [0.2, 0.25) is 0 Å². The van der Waals surface area contributed by atoms with Gasteiger partial charge in [0.2, 0.25) is 5.91 Å². The minimum absolute atomic E-state index is 0.00611. The van der Waals surface area contributed by atoms with Crippen LogP contribution in [0.3, 0.4) is 0 Å². The number of carbonyl (C=O) groups excluding carboxylic acids is 1. The molecule has 0 aromatic carbocycles. The Kier molecular flexibility index (Phi) is 2.39. The maximum atomic E-state index is 11.7. The molecule has 1 amide bonds. The summed E-state index contributed by atoms with van der Waals surface area (Å²) in [6.07, 6.45) is 1.77. The Balaban J connectivity index is 2.19. The van der Waals surface area contributed by atoms with Crippen LogP contribution in [0.4, 0.5) is 0 Å². The van der Waals surface area contributed by atoms with Crippen LogP contribution < -0.4 is 0 Å². The molecular weight excluding hydrogens is 192 g/mol. The molecule has 0 aliphatic carbocycles. The van der Waals surface area contributed by atoms with Crippen LogP contribution in [0.1, 0.15) is 19.3 Å². The molecule has 2 saturated heterocycles. The van der Waals surface area contributed by atoms with Gasteiger partial charge < -0.3 is 10.0 Å². The van der Waals surface area contributed by atoms with Gasteiger partial charge >= 0.3 is 0 Å². The van der Waals surface area contributed by atoms with Gasteiger partial charge in [-0.2, -0.15) is 5.26 Å². The van der Waals surface area contributed by atoms with Crippen molar-refractivity contribution in [3.8, 4) is 6.07 Å². The number of aliphatic hydroxyl groups is 1. The Morgan fingerprint density at radius 1 is 1.67 bits per heavy atom. The SMILES string of the molecule is C=C(O)C1CCN2C(=O)CC(C#N)CC12. The van der Waals surface area contributed by atoms with E-state index in [4.69, 9.17) is 5.26 Å². The van der Waals surface area contributed by atoms with Gasteiger partial charge in [0.25, 0.3) is 0 Å². The number of hydrogen-bond donors (Lipinski definition) is 1. The lowest BCUT2D eigenvalue weighted by atomic mass is 9.86. The van der Waals surface area contributed by atoms with Crippen molar-refractivity contribution >= 4 is 5.91 Å². The van der Waals surface area contributed by atoms with Crippen molar-refractivity contribution in [1.29, 1.82) is 5.26 Å². The monoisotopic (exact) mass is 206 g/mol. The van der Waals surface area contributed by atoms with E-state index in [2.05, 4.69) is 12.6 Å². The molecular formula is C11H14N2O2. The summed E-state index contributed by atoms with van der Waals surface area (Å²) in [6.45, 7) is 4.23. The molecule has 0 aromatic heterocycles. The van der Waals surface area contributed by atoms with Gasteiger partial charge in [-0.3, -0.25) is 4.79 Å². The average molecular weight is 206 g/mol. The van der Waals surface area contributed by atoms with E-state index in [0.717, 1.165) is 6.42 Å². The Morgan fingerprint density at radius 2 is 2.40 bits per heavy atom. The predicted octanol–water partition coefficient (Wildman–Crippen LogP) is 1.21. The van der Waals surface area contributed by atoms with Crippen molar-refractivity contribution in [3.05, 3.63) is 12.3 Å². The molecule has 0 radical (unpaired) electrons. The number of carbonyl (C=O) groups is 1. The summed E-state index contributed by atoms with van der Waals surface area (Å²) in [4.78, 5) is 13.5. The molecule has 1 N–H and O–H groups in total. The predicted molar refractivity (Wildman–Crippen MR) is 53.7 cm³/mol. The first-order chi connectivity index (χ1) is 7.13. The fourth-order valence-electron chi connectivity index (χ4n) is 2.64. The molecule has 4 heteroatoms. The third-order valence-corrected chi connectivity index (χ3v) is 3.42. The van der Waals surface area contributed by atoms with Crippen LogP contribution >= 0.6 is 0 Å². The van der Waals surface area contributed by atoms with Gasteiger partial charge in [0.05, 0.1) is 17.7 Å². The number of nitrogens with zero attached hydrogens (tertiary/aromatic N) is 2. The Hall–Kier alpha value is -1.50. The van der Waals surface area contributed by atoms with Gasteiger partial charge in [0.15, 0.2) is 0 Å². The summed E-state index contributed by atoms with van der Waals surface area (Å²) in [6, 6.07) is 2.14. The van der Waals surface area contributed by atoms with E-state index in [-0.39, 0.29) is 29.5 Å². The number of fused-ring (bicyclic) bond motifs is 1. The summed E-state index contributed by atoms with van der Waals surface area (Å²) < 4.78 is 0. The van der Waals surface area contributed by atoms with Crippen molar-refractivity contribution in [1.82, 2.24) is 4.90 Å². The Morgan fingerprint density at radius 3 is 3.00 bits per heavy atom. The summed E-state index contributed by atoms with van der Waals surface area (Å²) in [5.74, 6) is -0.0424. The number of hydrogen-bond acceptors (Lipinski definition) is 3. The summed E-state index contributed by atoms with van der Waals surface area (Å²) in [5.41, 5.74) is 0. The van der Waals surface area contributed by atoms with Crippen LogP contribution in [0.15, 0.2) is 12.3 Å². The standard InChI is InChI=1S/C11H14N2O2/c1-7(14)9-2-3-13-10(9)4-8(6-12)5-11(13)15/h8-10,14H,1-5H2. The van der Waals surface area contributed by atoms with E-state index in [9.17, 15) is 9.90 Å². The van der Waals surface area contributed by atoms with Crippen molar-refractivity contribution in [2.24, 2.45) is 11.8 Å². The van der Waals surface area contributed by atoms with Crippen LogP contribution in [0.5, 0.6) is 0 Å². The maximum Gasteiger partial charge on any atom is 0.224 e. The largest absolute Gasteiger partial charge is 0.513 e. The zero-order valence-corrected chi connectivity index (χ0v) is 8.52. The fraction of sp³-hybridized carbons (Fsp3) is 0.636. The quantitative estimate of drug-likeness (QED) is 0.656. The Bertz CT molecular complexity index is 339. The van der Waals surface area contributed by atoms with Crippen LogP contribution in [-0.2, 0) is 4.79 Å². The van der Waals surface area contributed by atoms with Crippen LogP contribution in [0.25, 0.3) is 0 Å². The van der Waals surface area contributed by atoms with E-state index in [1.807, 2.05) is 0 Å². The lowest BCUT2D eigenvalue weighted by Gasteiger charge is -2.34. The Labute approximate surface area is 88.8 Å². The zero-order valence-electron chi connectivity index (χ0n) is 8.52. The molecule has 2 rings (SSSR count). The van der Waals surface area contributed by atoms with E-state index in [1.54, 1.807) is 4.90 Å². The highest BCUT2D eigenvalue weighted by atomic mass is 16.3. The molecule has 4 nitrogen and oxygen atoms in total. The molecule has 3 unspecified atom stereocenters. The second kappa shape index (κ2) is 3.58. The van der Waals surface area contributed by atoms with Gasteiger partial charge in [-0.1, -0.05) is 6.58 Å². The highest BCUT2D eigenvalue weighted by Crippen LogP contribution is 2.37. The average Bonchev–Trinajstić information content (AvgIpc) is 2.61. The number of aliphatic hydroxyl groups excluding tert-OH is 1. The molecule has 2 heterocycles. The van der Waals surface area contributed by atoms with Crippen molar-refractivity contribution in [2.75, 3.05) is 6.54 Å². The summed E-state index contributed by atoms with van der Waals surface area (Å²) >= 11 is 0. The molecule has 0 bridgehead atoms. The topological polar surface area (TPSA) is 64.3 Å². The molecule has 2 fully saturated rings. The van der Waals surface area contributed by atoms with Gasteiger partial charge in [0, 0.05) is 24.9 Å². The van der Waals surface area contributed by atoms with Gasteiger partial charge in [0.1, 0.15) is 0 Å². The van der Waals surface area contributed by atoms with E-state index >= 15 is 0 Å². The van der Waals surface area contributed by atoms with Crippen molar-refractivity contribution in [2.45, 2.75) is 25.3 Å². The number of amides is 1. The molecule has 0 aromatic rings. The smallest absolute Gasteiger partial charge is 0.224 e. The molecule has 2 aliphatic rings. The summed E-state index contributed by atoms with van der Waals surface area (Å²) in [5, 5.41) is 18.3. The van der Waals surface area contributed by atoms with Crippen molar-refractivity contribution < 1.29 is 9.90 Å². The third kappa shape index (κ3) is 1.58. The first kappa shape index (κ1) is 10.0.